The highest BCUT2D eigenvalue weighted by Crippen LogP contribution is 2.29. The molecule has 1 atom stereocenters. The summed E-state index contributed by atoms with van der Waals surface area (Å²) < 4.78 is 6.56. The fraction of sp³-hybridized carbons (Fsp3) is 0.571. The Kier molecular flexibility index (Phi) is 5.63. The first kappa shape index (κ1) is 15.5. The summed E-state index contributed by atoms with van der Waals surface area (Å²) in [7, 11) is 0. The van der Waals surface area contributed by atoms with E-state index in [1.165, 1.54) is 0 Å². The maximum atomic E-state index is 10.2. The third kappa shape index (κ3) is 3.97. The third-order valence-corrected chi connectivity index (χ3v) is 3.73. The SMILES string of the molecule is CCC(O)(CC)COc1ccc(Br)cc1[C@H](C)O. The van der Waals surface area contributed by atoms with Gasteiger partial charge < -0.3 is 14.9 Å². The van der Waals surface area contributed by atoms with E-state index in [1.807, 2.05) is 26.0 Å². The van der Waals surface area contributed by atoms with Gasteiger partial charge in [0, 0.05) is 10.0 Å². The Balaban J connectivity index is 2.85. The summed E-state index contributed by atoms with van der Waals surface area (Å²) in [5.74, 6) is 0.619. The van der Waals surface area contributed by atoms with Crippen LogP contribution in [0.4, 0.5) is 0 Å². The van der Waals surface area contributed by atoms with Crippen molar-refractivity contribution < 1.29 is 14.9 Å². The first-order valence-corrected chi connectivity index (χ1v) is 7.04. The molecule has 0 fully saturated rings. The number of halogens is 1. The maximum Gasteiger partial charge on any atom is 0.125 e. The molecule has 1 aromatic rings. The van der Waals surface area contributed by atoms with Crippen LogP contribution < -0.4 is 4.74 Å². The van der Waals surface area contributed by atoms with Gasteiger partial charge in [-0.2, -0.15) is 0 Å². The standard InChI is InChI=1S/C14H21BrO3/c1-4-14(17,5-2)9-18-13-7-6-11(15)8-12(13)10(3)16/h6-8,10,16-17H,4-5,9H2,1-3H3/t10-/m0/s1. The molecule has 0 aliphatic carbocycles. The second-order valence-electron chi connectivity index (χ2n) is 4.58. The first-order valence-electron chi connectivity index (χ1n) is 6.24. The van der Waals surface area contributed by atoms with Crippen LogP contribution in [-0.2, 0) is 0 Å². The fourth-order valence-electron chi connectivity index (χ4n) is 1.64. The molecule has 1 rings (SSSR count). The normalized spacial score (nSPS) is 13.4. The molecule has 0 heterocycles. The molecule has 0 aliphatic rings. The molecule has 0 saturated carbocycles. The number of aliphatic hydroxyl groups excluding tert-OH is 1. The van der Waals surface area contributed by atoms with Gasteiger partial charge in [-0.25, -0.2) is 0 Å². The number of aliphatic hydroxyl groups is 2. The van der Waals surface area contributed by atoms with Crippen LogP contribution in [-0.4, -0.2) is 22.4 Å². The number of hydrogen-bond donors (Lipinski definition) is 2. The van der Waals surface area contributed by atoms with Crippen molar-refractivity contribution in [1.82, 2.24) is 0 Å². The predicted molar refractivity (Wildman–Crippen MR) is 75.8 cm³/mol. The summed E-state index contributed by atoms with van der Waals surface area (Å²) in [6, 6.07) is 5.49. The average Bonchev–Trinajstić information content (AvgIpc) is 2.36. The summed E-state index contributed by atoms with van der Waals surface area (Å²) >= 11 is 3.37. The van der Waals surface area contributed by atoms with Gasteiger partial charge in [-0.3, -0.25) is 0 Å². The zero-order chi connectivity index (χ0) is 13.8. The van der Waals surface area contributed by atoms with Gasteiger partial charge in [-0.1, -0.05) is 29.8 Å². The van der Waals surface area contributed by atoms with Crippen molar-refractivity contribution in [2.24, 2.45) is 0 Å². The van der Waals surface area contributed by atoms with E-state index in [1.54, 1.807) is 13.0 Å². The minimum absolute atomic E-state index is 0.237. The Morgan fingerprint density at radius 2 is 1.94 bits per heavy atom. The zero-order valence-corrected chi connectivity index (χ0v) is 12.7. The lowest BCUT2D eigenvalue weighted by atomic mass is 9.99. The highest BCUT2D eigenvalue weighted by atomic mass is 79.9. The monoisotopic (exact) mass is 316 g/mol. The summed E-state index contributed by atoms with van der Waals surface area (Å²) in [5, 5.41) is 19.9. The highest BCUT2D eigenvalue weighted by Gasteiger charge is 2.24. The molecule has 2 N–H and O–H groups in total. The van der Waals surface area contributed by atoms with Crippen molar-refractivity contribution in [3.8, 4) is 5.75 Å². The number of rotatable bonds is 6. The fourth-order valence-corrected chi connectivity index (χ4v) is 2.02. The Morgan fingerprint density at radius 1 is 1.33 bits per heavy atom. The summed E-state index contributed by atoms with van der Waals surface area (Å²) in [6.45, 7) is 5.80. The molecule has 102 valence electrons. The minimum Gasteiger partial charge on any atom is -0.490 e. The molecule has 18 heavy (non-hydrogen) atoms. The average molecular weight is 317 g/mol. The van der Waals surface area contributed by atoms with Crippen LogP contribution in [0.1, 0.15) is 45.3 Å². The van der Waals surface area contributed by atoms with Crippen molar-refractivity contribution in [3.63, 3.8) is 0 Å². The van der Waals surface area contributed by atoms with Crippen LogP contribution in [0.25, 0.3) is 0 Å². The van der Waals surface area contributed by atoms with Gasteiger partial charge >= 0.3 is 0 Å². The van der Waals surface area contributed by atoms with Gasteiger partial charge in [0.15, 0.2) is 0 Å². The molecular weight excluding hydrogens is 296 g/mol. The van der Waals surface area contributed by atoms with Crippen molar-refractivity contribution in [1.29, 1.82) is 0 Å². The molecule has 0 aromatic heterocycles. The molecule has 0 unspecified atom stereocenters. The van der Waals surface area contributed by atoms with Gasteiger partial charge in [0.05, 0.1) is 11.7 Å². The lowest BCUT2D eigenvalue weighted by Gasteiger charge is -2.26. The van der Waals surface area contributed by atoms with Gasteiger partial charge in [0.2, 0.25) is 0 Å². The van der Waals surface area contributed by atoms with Gasteiger partial charge in [-0.15, -0.1) is 0 Å². The second kappa shape index (κ2) is 6.55. The molecule has 4 heteroatoms. The molecular formula is C14H21BrO3. The molecule has 3 nitrogen and oxygen atoms in total. The summed E-state index contributed by atoms with van der Waals surface area (Å²) in [5.41, 5.74) is -0.0813. The van der Waals surface area contributed by atoms with Crippen LogP contribution >= 0.6 is 15.9 Å². The zero-order valence-electron chi connectivity index (χ0n) is 11.1. The van der Waals surface area contributed by atoms with E-state index in [0.717, 1.165) is 10.0 Å². The summed E-state index contributed by atoms with van der Waals surface area (Å²) in [4.78, 5) is 0. The second-order valence-corrected chi connectivity index (χ2v) is 5.49. The van der Waals surface area contributed by atoms with Crippen LogP contribution in [0.3, 0.4) is 0 Å². The first-order chi connectivity index (χ1) is 8.41. The third-order valence-electron chi connectivity index (χ3n) is 3.23. The molecule has 0 saturated heterocycles. The number of benzene rings is 1. The van der Waals surface area contributed by atoms with Gasteiger partial charge in [0.25, 0.3) is 0 Å². The van der Waals surface area contributed by atoms with Crippen molar-refractivity contribution in [2.75, 3.05) is 6.61 Å². The molecule has 0 aliphatic heterocycles. The van der Waals surface area contributed by atoms with Crippen LogP contribution in [0.2, 0.25) is 0 Å². The quantitative estimate of drug-likeness (QED) is 0.845. The van der Waals surface area contributed by atoms with Crippen LogP contribution in [0.5, 0.6) is 5.75 Å². The molecule has 0 bridgehead atoms. The Labute approximate surface area is 117 Å². The van der Waals surface area contributed by atoms with E-state index in [9.17, 15) is 10.2 Å². The highest BCUT2D eigenvalue weighted by molar-refractivity contribution is 9.10. The van der Waals surface area contributed by atoms with E-state index in [0.29, 0.717) is 18.6 Å². The van der Waals surface area contributed by atoms with E-state index in [2.05, 4.69) is 15.9 Å². The molecule has 0 amide bonds. The van der Waals surface area contributed by atoms with Gasteiger partial charge in [-0.05, 0) is 38.0 Å². The van der Waals surface area contributed by atoms with E-state index in [-0.39, 0.29) is 6.61 Å². The van der Waals surface area contributed by atoms with E-state index >= 15 is 0 Å². The van der Waals surface area contributed by atoms with Crippen molar-refractivity contribution in [2.45, 2.75) is 45.3 Å². The predicted octanol–water partition coefficient (Wildman–Crippen LogP) is 3.43. The maximum absolute atomic E-state index is 10.2. The lowest BCUT2D eigenvalue weighted by Crippen LogP contribution is -2.34. The van der Waals surface area contributed by atoms with Crippen LogP contribution in [0, 0.1) is 0 Å². The summed E-state index contributed by atoms with van der Waals surface area (Å²) in [6.07, 6.45) is 0.683. The Hall–Kier alpha value is -0.580. The largest absolute Gasteiger partial charge is 0.490 e. The topological polar surface area (TPSA) is 49.7 Å². The molecule has 0 spiro atoms. The van der Waals surface area contributed by atoms with Gasteiger partial charge in [0.1, 0.15) is 12.4 Å². The number of hydrogen-bond acceptors (Lipinski definition) is 3. The minimum atomic E-state index is -0.803. The molecule has 1 aromatic carbocycles. The molecule has 0 radical (unpaired) electrons. The number of ether oxygens (including phenoxy) is 1. The smallest absolute Gasteiger partial charge is 0.125 e. The van der Waals surface area contributed by atoms with Crippen molar-refractivity contribution >= 4 is 15.9 Å². The van der Waals surface area contributed by atoms with E-state index < -0.39 is 11.7 Å². The Bertz CT molecular complexity index is 387. The van der Waals surface area contributed by atoms with E-state index in [4.69, 9.17) is 4.74 Å². The Morgan fingerprint density at radius 3 is 2.44 bits per heavy atom. The lowest BCUT2D eigenvalue weighted by molar-refractivity contribution is -0.0121. The van der Waals surface area contributed by atoms with Crippen LogP contribution in [0.15, 0.2) is 22.7 Å². The van der Waals surface area contributed by atoms with Crippen molar-refractivity contribution in [3.05, 3.63) is 28.2 Å².